The number of H-pyrrole nitrogens is 1. The molecule has 0 fully saturated rings. The molecule has 2 aromatic heterocycles. The normalized spacial score (nSPS) is 12.2. The molecule has 0 bridgehead atoms. The fourth-order valence-corrected chi connectivity index (χ4v) is 4.09. The van der Waals surface area contributed by atoms with Gasteiger partial charge in [0.1, 0.15) is 17.1 Å². The van der Waals surface area contributed by atoms with Gasteiger partial charge in [-0.25, -0.2) is 0 Å². The highest BCUT2D eigenvalue weighted by atomic mass is 16.3. The van der Waals surface area contributed by atoms with E-state index in [1.54, 1.807) is 18.2 Å². The van der Waals surface area contributed by atoms with Gasteiger partial charge >= 0.3 is 0 Å². The highest BCUT2D eigenvalue weighted by Gasteiger charge is 2.21. The summed E-state index contributed by atoms with van der Waals surface area (Å²) in [4.78, 5) is 16.5. The van der Waals surface area contributed by atoms with Crippen LogP contribution in [0.4, 0.5) is 0 Å². The molecule has 1 amide bonds. The maximum atomic E-state index is 13.2. The lowest BCUT2D eigenvalue weighted by Gasteiger charge is -2.18. The zero-order chi connectivity index (χ0) is 22.6. The lowest BCUT2D eigenvalue weighted by atomic mass is 10.0. The molecule has 0 aliphatic carbocycles. The SMILES string of the molecule is O=C(NCc1ccccc1O)C(Cc1c[nH]c2ccccc12)NCc1cc2ccccc2o1. The van der Waals surface area contributed by atoms with Gasteiger partial charge in [0.15, 0.2) is 0 Å². The largest absolute Gasteiger partial charge is 0.508 e. The molecule has 6 heteroatoms. The Morgan fingerprint density at radius 3 is 2.61 bits per heavy atom. The second-order valence-corrected chi connectivity index (χ2v) is 8.09. The van der Waals surface area contributed by atoms with Crippen LogP contribution < -0.4 is 10.6 Å². The monoisotopic (exact) mass is 439 g/mol. The standard InChI is InChI=1S/C27H25N3O3/c31-25-11-5-1-8-19(25)15-30-27(32)24(14-20-16-28-23-10-4-3-9-22(20)23)29-17-21-13-18-7-2-6-12-26(18)33-21/h1-13,16,24,28-29,31H,14-15,17H2,(H,30,32). The summed E-state index contributed by atoms with van der Waals surface area (Å²) in [5, 5.41) is 18.5. The molecule has 0 aliphatic heterocycles. The first-order chi connectivity index (χ1) is 16.2. The molecular formula is C27H25N3O3. The number of furan rings is 1. The maximum absolute atomic E-state index is 13.2. The molecule has 33 heavy (non-hydrogen) atoms. The fraction of sp³-hybridized carbons (Fsp3) is 0.148. The van der Waals surface area contributed by atoms with Gasteiger partial charge < -0.3 is 19.8 Å². The van der Waals surface area contributed by atoms with Crippen molar-refractivity contribution in [2.75, 3.05) is 0 Å². The minimum absolute atomic E-state index is 0.139. The summed E-state index contributed by atoms with van der Waals surface area (Å²) in [5.41, 5.74) is 3.60. The van der Waals surface area contributed by atoms with Crippen LogP contribution in [0, 0.1) is 0 Å². The summed E-state index contributed by atoms with van der Waals surface area (Å²) >= 11 is 0. The number of nitrogens with one attached hydrogen (secondary N) is 3. The number of aromatic nitrogens is 1. The Hall–Kier alpha value is -4.03. The highest BCUT2D eigenvalue weighted by Crippen LogP contribution is 2.21. The molecule has 0 radical (unpaired) electrons. The van der Waals surface area contributed by atoms with Crippen molar-refractivity contribution in [3.63, 3.8) is 0 Å². The van der Waals surface area contributed by atoms with Crippen LogP contribution in [-0.2, 0) is 24.3 Å². The molecule has 1 atom stereocenters. The molecule has 5 rings (SSSR count). The van der Waals surface area contributed by atoms with Crippen molar-refractivity contribution in [1.82, 2.24) is 15.6 Å². The number of phenols is 1. The number of para-hydroxylation sites is 3. The summed E-state index contributed by atoms with van der Waals surface area (Å²) in [6.07, 6.45) is 2.47. The summed E-state index contributed by atoms with van der Waals surface area (Å²) in [5.74, 6) is 0.800. The van der Waals surface area contributed by atoms with Gasteiger partial charge in [0.05, 0.1) is 12.6 Å². The van der Waals surface area contributed by atoms with Crippen molar-refractivity contribution < 1.29 is 14.3 Å². The van der Waals surface area contributed by atoms with E-state index in [2.05, 4.69) is 21.7 Å². The number of hydrogen-bond acceptors (Lipinski definition) is 4. The Morgan fingerprint density at radius 2 is 1.73 bits per heavy atom. The van der Waals surface area contributed by atoms with Crippen LogP contribution in [0.2, 0.25) is 0 Å². The van der Waals surface area contributed by atoms with E-state index < -0.39 is 6.04 Å². The molecule has 4 N–H and O–H groups in total. The fourth-order valence-electron chi connectivity index (χ4n) is 4.09. The van der Waals surface area contributed by atoms with E-state index in [1.807, 2.05) is 60.8 Å². The van der Waals surface area contributed by atoms with Gasteiger partial charge in [-0.05, 0) is 36.2 Å². The number of aromatic amines is 1. The summed E-state index contributed by atoms with van der Waals surface area (Å²) < 4.78 is 5.92. The minimum Gasteiger partial charge on any atom is -0.508 e. The Kier molecular flexibility index (Phi) is 5.83. The van der Waals surface area contributed by atoms with E-state index in [-0.39, 0.29) is 18.2 Å². The van der Waals surface area contributed by atoms with E-state index in [4.69, 9.17) is 4.42 Å². The Balaban J connectivity index is 1.34. The zero-order valence-electron chi connectivity index (χ0n) is 18.0. The van der Waals surface area contributed by atoms with Crippen LogP contribution in [0.1, 0.15) is 16.9 Å². The predicted octanol–water partition coefficient (Wildman–Crippen LogP) is 4.64. The van der Waals surface area contributed by atoms with Gasteiger partial charge in [0.2, 0.25) is 5.91 Å². The van der Waals surface area contributed by atoms with Gasteiger partial charge in [-0.15, -0.1) is 0 Å². The summed E-state index contributed by atoms with van der Waals surface area (Å²) in [6, 6.07) is 24.4. The van der Waals surface area contributed by atoms with Gasteiger partial charge in [-0.1, -0.05) is 54.6 Å². The van der Waals surface area contributed by atoms with Crippen LogP contribution in [-0.4, -0.2) is 22.0 Å². The van der Waals surface area contributed by atoms with Crippen LogP contribution in [0.15, 0.2) is 89.5 Å². The van der Waals surface area contributed by atoms with Crippen LogP contribution in [0.3, 0.4) is 0 Å². The first-order valence-corrected chi connectivity index (χ1v) is 11.0. The number of carbonyl (C=O) groups excluding carboxylic acids is 1. The van der Waals surface area contributed by atoms with Crippen molar-refractivity contribution >= 4 is 27.8 Å². The lowest BCUT2D eigenvalue weighted by molar-refractivity contribution is -0.123. The molecule has 6 nitrogen and oxygen atoms in total. The van der Waals surface area contributed by atoms with E-state index >= 15 is 0 Å². The molecule has 0 spiro atoms. The second kappa shape index (κ2) is 9.22. The molecule has 166 valence electrons. The Bertz CT molecular complexity index is 1370. The molecule has 0 saturated heterocycles. The highest BCUT2D eigenvalue weighted by molar-refractivity contribution is 5.86. The molecule has 3 aromatic carbocycles. The average Bonchev–Trinajstić information content (AvgIpc) is 3.44. The summed E-state index contributed by atoms with van der Waals surface area (Å²) in [7, 11) is 0. The van der Waals surface area contributed by atoms with E-state index in [9.17, 15) is 9.90 Å². The van der Waals surface area contributed by atoms with Crippen molar-refractivity contribution in [3.8, 4) is 5.75 Å². The van der Waals surface area contributed by atoms with Crippen molar-refractivity contribution in [3.05, 3.63) is 102 Å². The van der Waals surface area contributed by atoms with E-state index in [0.29, 0.717) is 18.5 Å². The van der Waals surface area contributed by atoms with Crippen molar-refractivity contribution in [2.24, 2.45) is 0 Å². The Labute approximate surface area is 191 Å². The summed E-state index contributed by atoms with van der Waals surface area (Å²) in [6.45, 7) is 0.675. The van der Waals surface area contributed by atoms with Crippen LogP contribution in [0.5, 0.6) is 5.75 Å². The van der Waals surface area contributed by atoms with Gasteiger partial charge in [0.25, 0.3) is 0 Å². The number of rotatable bonds is 8. The molecule has 1 unspecified atom stereocenters. The number of aromatic hydroxyl groups is 1. The predicted molar refractivity (Wildman–Crippen MR) is 129 cm³/mol. The van der Waals surface area contributed by atoms with Crippen LogP contribution >= 0.6 is 0 Å². The molecule has 2 heterocycles. The van der Waals surface area contributed by atoms with Gasteiger partial charge in [-0.3, -0.25) is 10.1 Å². The smallest absolute Gasteiger partial charge is 0.237 e. The minimum atomic E-state index is -0.483. The van der Waals surface area contributed by atoms with Gasteiger partial charge in [0, 0.05) is 34.6 Å². The lowest BCUT2D eigenvalue weighted by Crippen LogP contribution is -2.45. The molecule has 0 aliphatic rings. The number of benzene rings is 3. The Morgan fingerprint density at radius 1 is 0.939 bits per heavy atom. The van der Waals surface area contributed by atoms with Crippen molar-refractivity contribution in [1.29, 1.82) is 0 Å². The number of phenolic OH excluding ortho intramolecular Hbond substituents is 1. The maximum Gasteiger partial charge on any atom is 0.237 e. The third-order valence-electron chi connectivity index (χ3n) is 5.86. The number of amides is 1. The molecule has 5 aromatic rings. The third kappa shape index (κ3) is 4.61. The average molecular weight is 440 g/mol. The zero-order valence-corrected chi connectivity index (χ0v) is 18.0. The van der Waals surface area contributed by atoms with E-state index in [1.165, 1.54) is 0 Å². The number of carbonyl (C=O) groups is 1. The molecule has 0 saturated carbocycles. The van der Waals surface area contributed by atoms with E-state index in [0.717, 1.165) is 33.2 Å². The number of hydrogen-bond donors (Lipinski definition) is 4. The van der Waals surface area contributed by atoms with Crippen LogP contribution in [0.25, 0.3) is 21.9 Å². The van der Waals surface area contributed by atoms with Crippen molar-refractivity contribution in [2.45, 2.75) is 25.6 Å². The number of fused-ring (bicyclic) bond motifs is 2. The second-order valence-electron chi connectivity index (χ2n) is 8.09. The first kappa shape index (κ1) is 20.8. The quantitative estimate of drug-likeness (QED) is 0.284. The topological polar surface area (TPSA) is 90.3 Å². The first-order valence-electron chi connectivity index (χ1n) is 11.0. The van der Waals surface area contributed by atoms with Gasteiger partial charge in [-0.2, -0.15) is 0 Å². The molecular weight excluding hydrogens is 414 g/mol. The third-order valence-corrected chi connectivity index (χ3v) is 5.86.